The molecule has 16 nitrogen and oxygen atoms in total. The first-order valence-electron chi connectivity index (χ1n) is 33.9. The molecule has 5 aliphatic carbocycles. The van der Waals surface area contributed by atoms with Crippen LogP contribution in [0.2, 0.25) is 0 Å². The first-order chi connectivity index (χ1) is 43.2. The lowest BCUT2D eigenvalue weighted by Crippen LogP contribution is -2.65. The van der Waals surface area contributed by atoms with Gasteiger partial charge in [-0.25, -0.2) is 0 Å². The summed E-state index contributed by atoms with van der Waals surface area (Å²) in [7, 11) is 1.60. The normalized spacial score (nSPS) is 42.2. The number of esters is 1. The van der Waals surface area contributed by atoms with E-state index < -0.39 is 79.0 Å². The van der Waals surface area contributed by atoms with Crippen molar-refractivity contribution in [2.75, 3.05) is 26.9 Å². The molecule has 3 saturated heterocycles. The second-order valence-electron chi connectivity index (χ2n) is 30.0. The molecule has 90 heavy (non-hydrogen) atoms. The minimum Gasteiger partial charge on any atom is -0.432 e. The topological polar surface area (TPSA) is 184 Å². The van der Waals surface area contributed by atoms with E-state index in [-0.39, 0.29) is 64.2 Å². The SMILES string of the molecule is CCOC1C(OC)C(OC2C(C)[C@@H](N=[N+]=[N-])C(COCc3ccccc3)O[C@H]2OC(=O)[C@]23CCC(C)(C)CC2C2=CCC4C5(C)CC[C@H](C)[C@](C)(C=O)[C@@H]5CC[C@@]4(C)[C@]2(C)CC3)O[C@H](C)[C@@H]1O[C@@H]1OC[C@@H](OCc2ccccc2)C(OCc2ccccc2)C1C. The third-order valence-electron chi connectivity index (χ3n) is 24.6. The second-order valence-corrected chi connectivity index (χ2v) is 30.0. The summed E-state index contributed by atoms with van der Waals surface area (Å²) in [5.41, 5.74) is 13.3. The molecule has 3 aromatic carbocycles. The molecule has 0 radical (unpaired) electrons. The lowest BCUT2D eigenvalue weighted by molar-refractivity contribution is -0.370. The van der Waals surface area contributed by atoms with Crippen LogP contribution in [-0.4, -0.2) is 113 Å². The highest BCUT2D eigenvalue weighted by atomic mass is 16.8. The molecule has 4 saturated carbocycles. The Morgan fingerprint density at radius 3 is 1.98 bits per heavy atom. The molecule has 11 unspecified atom stereocenters. The third kappa shape index (κ3) is 12.6. The number of aldehydes is 1. The van der Waals surface area contributed by atoms with Crippen LogP contribution >= 0.6 is 0 Å². The highest BCUT2D eigenvalue weighted by Crippen LogP contribution is 2.76. The van der Waals surface area contributed by atoms with Crippen LogP contribution in [0.1, 0.15) is 157 Å². The van der Waals surface area contributed by atoms with Gasteiger partial charge in [0.05, 0.1) is 62.8 Å². The molecule has 0 bridgehead atoms. The molecule has 0 N–H and O–H groups in total. The molecule has 0 spiro atoms. The number of carbonyl (C=O) groups excluding carboxylic acids is 2. The van der Waals surface area contributed by atoms with Gasteiger partial charge in [0.25, 0.3) is 0 Å². The van der Waals surface area contributed by atoms with Crippen LogP contribution in [0, 0.1) is 68.0 Å². The van der Waals surface area contributed by atoms with Gasteiger partial charge in [-0.1, -0.05) is 170 Å². The van der Waals surface area contributed by atoms with Crippen molar-refractivity contribution in [2.24, 2.45) is 73.1 Å². The summed E-state index contributed by atoms with van der Waals surface area (Å²) in [5, 5.41) is 4.37. The van der Waals surface area contributed by atoms with Gasteiger partial charge in [-0.05, 0) is 152 Å². The van der Waals surface area contributed by atoms with Gasteiger partial charge in [-0.2, -0.15) is 0 Å². The van der Waals surface area contributed by atoms with Crippen LogP contribution in [0.25, 0.3) is 10.4 Å². The van der Waals surface area contributed by atoms with E-state index in [2.05, 4.69) is 71.5 Å². The summed E-state index contributed by atoms with van der Waals surface area (Å²) in [6.45, 7) is 26.4. The maximum Gasteiger partial charge on any atom is 0.315 e. The molecule has 16 heteroatoms. The van der Waals surface area contributed by atoms with Crippen LogP contribution in [0.15, 0.2) is 108 Å². The van der Waals surface area contributed by atoms with Crippen molar-refractivity contribution in [3.63, 3.8) is 0 Å². The standard InChI is InChI=1S/C74H103N3O13/c1-13-82-63-62(89-65-48(4)60(84-42-52-27-21-16-22-28-52)56(44-85-65)83-41-51-25-19-15-20-26-51)49(5)86-67(64(63)80-12)88-61-47(3)59(76-77-75)55(43-81-40-50-23-17-14-18-24-50)87-66(61)90-68(79)74-37-35-69(6,7)39-54(74)53-29-30-58-70(8)33-31-46(2)71(9,45-78)57(70)32-34-73(58,11)72(53,10)36-38-74/h14-29,45-49,54-67H,13,30-44H2,1-12H3/t46-,47?,48?,49+,54?,55?,56+,57+,58?,59+,60?,61?,62-,63?,64?,65-,66-,67?,70?,71-,72+,73+,74-/m0/s1. The van der Waals surface area contributed by atoms with Crippen molar-refractivity contribution in [2.45, 2.75) is 234 Å². The van der Waals surface area contributed by atoms with Crippen LogP contribution in [0.4, 0.5) is 0 Å². The number of nitrogens with zero attached hydrogens (tertiary/aromatic N) is 3. The number of benzene rings is 3. The minimum atomic E-state index is -1.27. The first-order valence-corrected chi connectivity index (χ1v) is 33.9. The van der Waals surface area contributed by atoms with E-state index in [0.717, 1.165) is 68.1 Å². The average molecular weight is 1240 g/mol. The Hall–Kier alpha value is -4.55. The molecule has 0 amide bonds. The zero-order chi connectivity index (χ0) is 63.8. The summed E-state index contributed by atoms with van der Waals surface area (Å²) in [4.78, 5) is 32.6. The maximum atomic E-state index is 16.2. The van der Waals surface area contributed by atoms with E-state index in [1.807, 2.05) is 112 Å². The predicted molar refractivity (Wildman–Crippen MR) is 341 cm³/mol. The van der Waals surface area contributed by atoms with Crippen molar-refractivity contribution in [1.82, 2.24) is 0 Å². The minimum absolute atomic E-state index is 0.0175. The Bertz CT molecular complexity index is 2990. The zero-order valence-corrected chi connectivity index (χ0v) is 55.7. The highest BCUT2D eigenvalue weighted by Gasteiger charge is 2.70. The summed E-state index contributed by atoms with van der Waals surface area (Å²) < 4.78 is 74.6. The largest absolute Gasteiger partial charge is 0.432 e. The Balaban J connectivity index is 0.871. The molecule has 3 aliphatic heterocycles. The van der Waals surface area contributed by atoms with Gasteiger partial charge in [0.2, 0.25) is 6.29 Å². The van der Waals surface area contributed by atoms with Crippen LogP contribution in [0.5, 0.6) is 0 Å². The van der Waals surface area contributed by atoms with E-state index in [1.54, 1.807) is 7.11 Å². The Labute approximate surface area is 535 Å². The van der Waals surface area contributed by atoms with Gasteiger partial charge >= 0.3 is 5.97 Å². The summed E-state index contributed by atoms with van der Waals surface area (Å²) in [6.07, 6.45) is 4.32. The van der Waals surface area contributed by atoms with Crippen LogP contribution < -0.4 is 0 Å². The van der Waals surface area contributed by atoms with Crippen molar-refractivity contribution in [1.29, 1.82) is 0 Å². The summed E-state index contributed by atoms with van der Waals surface area (Å²) in [6, 6.07) is 29.3. The van der Waals surface area contributed by atoms with E-state index in [9.17, 15) is 10.3 Å². The van der Waals surface area contributed by atoms with Gasteiger partial charge in [0.1, 0.15) is 36.8 Å². The quantitative estimate of drug-likeness (QED) is 0.0245. The molecule has 0 aromatic heterocycles. The number of fused-ring (bicyclic) bond motifs is 7. The van der Waals surface area contributed by atoms with E-state index in [1.165, 1.54) is 11.9 Å². The number of azide groups is 1. The predicted octanol–water partition coefficient (Wildman–Crippen LogP) is 14.5. The van der Waals surface area contributed by atoms with Crippen molar-refractivity contribution in [3.8, 4) is 0 Å². The third-order valence-corrected chi connectivity index (χ3v) is 24.6. The van der Waals surface area contributed by atoms with E-state index in [4.69, 9.17) is 52.1 Å². The lowest BCUT2D eigenvalue weighted by Gasteiger charge is -2.71. The van der Waals surface area contributed by atoms with Crippen LogP contribution in [0.3, 0.4) is 0 Å². The molecule has 11 rings (SSSR count). The highest BCUT2D eigenvalue weighted by molar-refractivity contribution is 5.79. The van der Waals surface area contributed by atoms with Gasteiger partial charge in [0, 0.05) is 30.0 Å². The number of hydrogen-bond acceptors (Lipinski definition) is 14. The van der Waals surface area contributed by atoms with Crippen molar-refractivity contribution < 1.29 is 61.7 Å². The Morgan fingerprint density at radius 1 is 0.689 bits per heavy atom. The molecule has 8 aliphatic rings. The molecular formula is C74H103N3O13. The van der Waals surface area contributed by atoms with Crippen molar-refractivity contribution >= 4 is 12.3 Å². The second kappa shape index (κ2) is 27.4. The fourth-order valence-corrected chi connectivity index (χ4v) is 18.8. The molecule has 7 fully saturated rings. The summed E-state index contributed by atoms with van der Waals surface area (Å²) in [5.74, 6) is -0.154. The number of ether oxygens (including phenoxy) is 11. The molecule has 3 aromatic rings. The van der Waals surface area contributed by atoms with E-state index >= 15 is 4.79 Å². The first kappa shape index (κ1) is 66.9. The summed E-state index contributed by atoms with van der Waals surface area (Å²) >= 11 is 0. The fraction of sp³-hybridized carbons (Fsp3) is 0.703. The number of rotatable bonds is 21. The van der Waals surface area contributed by atoms with E-state index in [0.29, 0.717) is 57.0 Å². The van der Waals surface area contributed by atoms with Gasteiger partial charge in [-0.15, -0.1) is 0 Å². The number of allylic oxidation sites excluding steroid dienone is 2. The van der Waals surface area contributed by atoms with Gasteiger partial charge in [0.15, 0.2) is 12.6 Å². The van der Waals surface area contributed by atoms with Gasteiger partial charge in [-0.3, -0.25) is 4.79 Å². The molecule has 23 atom stereocenters. The number of methoxy groups -OCH3 is 1. The fourth-order valence-electron chi connectivity index (χ4n) is 18.8. The van der Waals surface area contributed by atoms with Crippen molar-refractivity contribution in [3.05, 3.63) is 130 Å². The Kier molecular flexibility index (Phi) is 20.4. The molecular weight excluding hydrogens is 1140 g/mol. The number of hydrogen-bond donors (Lipinski definition) is 0. The van der Waals surface area contributed by atoms with Gasteiger partial charge < -0.3 is 56.9 Å². The zero-order valence-electron chi connectivity index (χ0n) is 55.7. The average Bonchev–Trinajstić information content (AvgIpc) is 0.678. The molecule has 492 valence electrons. The number of carbonyl (C=O) groups is 2. The smallest absolute Gasteiger partial charge is 0.315 e. The Morgan fingerprint density at radius 2 is 1.33 bits per heavy atom. The monoisotopic (exact) mass is 1240 g/mol. The van der Waals surface area contributed by atoms with Crippen LogP contribution in [-0.2, 0) is 81.5 Å². The lowest BCUT2D eigenvalue weighted by atomic mass is 9.33. The maximum absolute atomic E-state index is 16.2. The molecule has 3 heterocycles.